The van der Waals surface area contributed by atoms with Crippen molar-refractivity contribution < 1.29 is 8.83 Å². The van der Waals surface area contributed by atoms with Crippen LogP contribution < -0.4 is 0 Å². The van der Waals surface area contributed by atoms with Crippen LogP contribution in [0.25, 0.3) is 77.5 Å². The van der Waals surface area contributed by atoms with Gasteiger partial charge >= 0.3 is 0 Å². The average Bonchev–Trinajstić information content (AvgIpc) is 3.55. The maximum Gasteiger partial charge on any atom is 0.136 e. The summed E-state index contributed by atoms with van der Waals surface area (Å²) in [5.41, 5.74) is 9.72. The molecule has 0 bridgehead atoms. The summed E-state index contributed by atoms with van der Waals surface area (Å²) in [6.07, 6.45) is 0. The van der Waals surface area contributed by atoms with E-state index in [4.69, 9.17) is 13.8 Å². The summed E-state index contributed by atoms with van der Waals surface area (Å²) in [6, 6.07) is 43.7. The minimum atomic E-state index is 0.856. The summed E-state index contributed by atoms with van der Waals surface area (Å²) >= 11 is 0. The molecule has 3 nitrogen and oxygen atoms in total. The lowest BCUT2D eigenvalue weighted by Crippen LogP contribution is -1.91. The van der Waals surface area contributed by atoms with Gasteiger partial charge in [-0.1, -0.05) is 84.9 Å². The number of benzene rings is 5. The van der Waals surface area contributed by atoms with Gasteiger partial charge in [-0.25, -0.2) is 4.98 Å². The zero-order valence-corrected chi connectivity index (χ0v) is 20.4. The van der Waals surface area contributed by atoms with Crippen LogP contribution in [0, 0.1) is 0 Å². The molecule has 0 atom stereocenters. The smallest absolute Gasteiger partial charge is 0.136 e. The molecule has 0 saturated heterocycles. The molecule has 38 heavy (non-hydrogen) atoms. The Balaban J connectivity index is 1.35. The van der Waals surface area contributed by atoms with E-state index in [2.05, 4.69) is 66.7 Å². The lowest BCUT2D eigenvalue weighted by atomic mass is 9.98. The summed E-state index contributed by atoms with van der Waals surface area (Å²) in [5, 5.41) is 4.39. The summed E-state index contributed by atoms with van der Waals surface area (Å²) in [7, 11) is 0. The quantitative estimate of drug-likeness (QED) is 0.249. The van der Waals surface area contributed by atoms with Gasteiger partial charge in [0.2, 0.25) is 0 Å². The molecule has 0 aliphatic heterocycles. The molecule has 0 N–H and O–H groups in total. The molecule has 0 unspecified atom stereocenters. The Morgan fingerprint density at radius 3 is 1.58 bits per heavy atom. The van der Waals surface area contributed by atoms with Gasteiger partial charge in [-0.05, 0) is 53.6 Å². The van der Waals surface area contributed by atoms with Gasteiger partial charge in [0.15, 0.2) is 0 Å². The fourth-order valence-corrected chi connectivity index (χ4v) is 5.47. The molecule has 8 rings (SSSR count). The van der Waals surface area contributed by atoms with Gasteiger partial charge < -0.3 is 8.83 Å². The third-order valence-electron chi connectivity index (χ3n) is 7.27. The van der Waals surface area contributed by atoms with Crippen LogP contribution in [0.3, 0.4) is 0 Å². The van der Waals surface area contributed by atoms with Crippen molar-refractivity contribution in [2.45, 2.75) is 0 Å². The highest BCUT2D eigenvalue weighted by molar-refractivity contribution is 6.25. The second-order valence-corrected chi connectivity index (χ2v) is 9.58. The van der Waals surface area contributed by atoms with Crippen molar-refractivity contribution in [3.8, 4) is 33.6 Å². The van der Waals surface area contributed by atoms with Crippen LogP contribution in [0.1, 0.15) is 0 Å². The Bertz CT molecular complexity index is 2060. The van der Waals surface area contributed by atoms with Gasteiger partial charge in [0.05, 0.1) is 11.4 Å². The highest BCUT2D eigenvalue weighted by atomic mass is 16.3. The molecule has 0 amide bonds. The largest absolute Gasteiger partial charge is 0.456 e. The summed E-state index contributed by atoms with van der Waals surface area (Å²) in [5.74, 6) is 0. The van der Waals surface area contributed by atoms with Crippen molar-refractivity contribution in [3.05, 3.63) is 127 Å². The molecule has 3 aromatic heterocycles. The van der Waals surface area contributed by atoms with E-state index in [0.29, 0.717) is 0 Å². The maximum absolute atomic E-state index is 6.41. The minimum absolute atomic E-state index is 0.856. The van der Waals surface area contributed by atoms with Crippen LogP contribution in [0.4, 0.5) is 0 Å². The Kier molecular flexibility index (Phi) is 4.52. The van der Waals surface area contributed by atoms with Gasteiger partial charge in [-0.15, -0.1) is 0 Å². The van der Waals surface area contributed by atoms with E-state index in [0.717, 1.165) is 77.5 Å². The third kappa shape index (κ3) is 3.26. The van der Waals surface area contributed by atoms with Crippen LogP contribution in [0.2, 0.25) is 0 Å². The summed E-state index contributed by atoms with van der Waals surface area (Å²) in [6.45, 7) is 0. The topological polar surface area (TPSA) is 39.2 Å². The number of pyridine rings is 1. The Labute approximate surface area is 218 Å². The fraction of sp³-hybridized carbons (Fsp3) is 0. The third-order valence-corrected chi connectivity index (χ3v) is 7.27. The number of fused-ring (bicyclic) bond motifs is 7. The van der Waals surface area contributed by atoms with E-state index < -0.39 is 0 Å². The van der Waals surface area contributed by atoms with Gasteiger partial charge in [-0.2, -0.15) is 0 Å². The number of nitrogens with zero attached hydrogens (tertiary/aromatic N) is 1. The average molecular weight is 488 g/mol. The highest BCUT2D eigenvalue weighted by Gasteiger charge is 2.17. The van der Waals surface area contributed by atoms with Crippen molar-refractivity contribution in [2.75, 3.05) is 0 Å². The molecule has 0 fully saturated rings. The lowest BCUT2D eigenvalue weighted by molar-refractivity contribution is 0.663. The number of furan rings is 2. The molecular formula is C35H21NO2. The van der Waals surface area contributed by atoms with E-state index in [-0.39, 0.29) is 0 Å². The second-order valence-electron chi connectivity index (χ2n) is 9.58. The monoisotopic (exact) mass is 487 g/mol. The Morgan fingerprint density at radius 2 is 0.921 bits per heavy atom. The number of hydrogen-bond acceptors (Lipinski definition) is 3. The van der Waals surface area contributed by atoms with Crippen molar-refractivity contribution in [1.82, 2.24) is 4.98 Å². The van der Waals surface area contributed by atoms with Crippen molar-refractivity contribution >= 4 is 43.9 Å². The van der Waals surface area contributed by atoms with Gasteiger partial charge in [-0.3, -0.25) is 0 Å². The van der Waals surface area contributed by atoms with Crippen LogP contribution in [-0.2, 0) is 0 Å². The number of aromatic nitrogens is 1. The molecule has 0 saturated carbocycles. The van der Waals surface area contributed by atoms with Gasteiger partial charge in [0, 0.05) is 32.7 Å². The van der Waals surface area contributed by atoms with Gasteiger partial charge in [0.1, 0.15) is 22.3 Å². The zero-order valence-electron chi connectivity index (χ0n) is 20.4. The molecule has 3 heteroatoms. The van der Waals surface area contributed by atoms with Crippen molar-refractivity contribution in [1.29, 1.82) is 0 Å². The SMILES string of the molecule is c1ccc(-c2cc(-c3ccc4c(c3)oc3ccc5oc6ccccc6c5c34)cc(-c3ccccc3)n2)cc1. The molecule has 0 aliphatic rings. The first-order chi connectivity index (χ1) is 18.8. The van der Waals surface area contributed by atoms with Crippen molar-refractivity contribution in [2.24, 2.45) is 0 Å². The first-order valence-corrected chi connectivity index (χ1v) is 12.7. The van der Waals surface area contributed by atoms with Gasteiger partial charge in [0.25, 0.3) is 0 Å². The van der Waals surface area contributed by atoms with E-state index in [9.17, 15) is 0 Å². The second kappa shape index (κ2) is 8.19. The molecule has 0 aliphatic carbocycles. The molecule has 178 valence electrons. The van der Waals surface area contributed by atoms with E-state index in [1.165, 1.54) is 0 Å². The lowest BCUT2D eigenvalue weighted by Gasteiger charge is -2.10. The number of hydrogen-bond donors (Lipinski definition) is 0. The minimum Gasteiger partial charge on any atom is -0.456 e. The van der Waals surface area contributed by atoms with E-state index in [1.807, 2.05) is 60.7 Å². The first kappa shape index (κ1) is 21.0. The summed E-state index contributed by atoms with van der Waals surface area (Å²) < 4.78 is 12.5. The van der Waals surface area contributed by atoms with E-state index >= 15 is 0 Å². The van der Waals surface area contributed by atoms with E-state index in [1.54, 1.807) is 0 Å². The standard InChI is InChI=1S/C35H21NO2/c1-3-9-22(10-4-1)28-19-25(20-29(36-28)23-11-5-2-6-12-23)24-15-16-27-33(21-24)38-32-18-17-31-34(35(27)32)26-13-7-8-14-30(26)37-31/h1-21H. The summed E-state index contributed by atoms with van der Waals surface area (Å²) in [4.78, 5) is 5.02. The fourth-order valence-electron chi connectivity index (χ4n) is 5.47. The predicted octanol–water partition coefficient (Wildman–Crippen LogP) is 9.88. The molecule has 8 aromatic rings. The molecule has 5 aromatic carbocycles. The molecule has 0 radical (unpaired) electrons. The maximum atomic E-state index is 6.41. The molecule has 0 spiro atoms. The number of rotatable bonds is 3. The normalized spacial score (nSPS) is 11.7. The Hall–Kier alpha value is -5.15. The highest BCUT2D eigenvalue weighted by Crippen LogP contribution is 2.41. The predicted molar refractivity (Wildman–Crippen MR) is 155 cm³/mol. The zero-order chi connectivity index (χ0) is 25.1. The Morgan fingerprint density at radius 1 is 0.368 bits per heavy atom. The molecule has 3 heterocycles. The number of para-hydroxylation sites is 1. The first-order valence-electron chi connectivity index (χ1n) is 12.7. The van der Waals surface area contributed by atoms with Crippen LogP contribution >= 0.6 is 0 Å². The molecular weight excluding hydrogens is 466 g/mol. The van der Waals surface area contributed by atoms with Crippen molar-refractivity contribution in [3.63, 3.8) is 0 Å². The van der Waals surface area contributed by atoms with Crippen LogP contribution in [0.15, 0.2) is 136 Å². The van der Waals surface area contributed by atoms with Crippen LogP contribution in [-0.4, -0.2) is 4.98 Å². The van der Waals surface area contributed by atoms with Crippen LogP contribution in [0.5, 0.6) is 0 Å².